The second kappa shape index (κ2) is 6.69. The number of nitriles is 1. The third kappa shape index (κ3) is 3.36. The predicted molar refractivity (Wildman–Crippen MR) is 78.2 cm³/mol. The Labute approximate surface area is 155 Å². The van der Waals surface area contributed by atoms with Crippen molar-refractivity contribution in [2.45, 2.75) is 13.1 Å². The molecule has 0 amide bonds. The molecule has 22 heavy (non-hydrogen) atoms. The molecule has 1 aromatic heterocycles. The summed E-state index contributed by atoms with van der Waals surface area (Å²) in [5, 5.41) is 12.4. The van der Waals surface area contributed by atoms with Gasteiger partial charge in [0.25, 0.3) is 0 Å². The Morgan fingerprint density at radius 1 is 1.27 bits per heavy atom. The summed E-state index contributed by atoms with van der Waals surface area (Å²) < 4.78 is 39.1. The molecule has 0 aliphatic carbocycles. The largest absolute Gasteiger partial charge is 0.416 e. The Morgan fingerprint density at radius 3 is 2.14 bits per heavy atom. The molecule has 0 aliphatic rings. The summed E-state index contributed by atoms with van der Waals surface area (Å²) in [5.41, 5.74) is 5.19. The number of benzene rings is 1. The molecule has 10 heteroatoms. The molecule has 0 atom stereocenters. The van der Waals surface area contributed by atoms with Gasteiger partial charge in [-0.25, -0.2) is 4.68 Å². The van der Waals surface area contributed by atoms with Gasteiger partial charge in [-0.2, -0.15) is 23.5 Å². The number of nitrogens with zero attached hydrogens (tertiary/aromatic N) is 3. The van der Waals surface area contributed by atoms with Gasteiger partial charge in [0, 0.05) is 29.6 Å². The summed E-state index contributed by atoms with van der Waals surface area (Å²) in [4.78, 5) is 0. The zero-order valence-electron chi connectivity index (χ0n) is 11.5. The molecule has 2 N–H and O–H groups in total. The van der Waals surface area contributed by atoms with Crippen molar-refractivity contribution in [2.75, 3.05) is 5.73 Å². The standard InChI is InChI=1S/C12H7Cl2F3N4.Na/c1-5-7(4-18)11(19)21(20-5)10-8(13)2-6(3-9(10)14)12(15,16)17;/h2-3H,19H2,1H3;. The van der Waals surface area contributed by atoms with Crippen LogP contribution < -0.4 is 5.73 Å². The summed E-state index contributed by atoms with van der Waals surface area (Å²) in [6, 6.07) is 3.31. The number of nitrogen functional groups attached to an aromatic ring is 1. The van der Waals surface area contributed by atoms with Crippen LogP contribution in [0.4, 0.5) is 19.0 Å². The first kappa shape index (κ1) is 19.1. The predicted octanol–water partition coefficient (Wildman–Crippen LogP) is 3.58. The second-order valence-corrected chi connectivity index (χ2v) is 4.97. The third-order valence-electron chi connectivity index (χ3n) is 2.76. The molecule has 1 aromatic carbocycles. The minimum absolute atomic E-state index is 0. The Bertz CT molecular complexity index is 742. The molecule has 0 bridgehead atoms. The van der Waals surface area contributed by atoms with Crippen LogP contribution in [0.2, 0.25) is 10.0 Å². The zero-order chi connectivity index (χ0) is 15.9. The molecule has 1 heterocycles. The molecule has 0 saturated heterocycles. The summed E-state index contributed by atoms with van der Waals surface area (Å²) in [6.45, 7) is 1.54. The van der Waals surface area contributed by atoms with Crippen LogP contribution in [-0.4, -0.2) is 39.3 Å². The quantitative estimate of drug-likeness (QED) is 0.793. The number of hydrogen-bond donors (Lipinski definition) is 1. The van der Waals surface area contributed by atoms with E-state index in [9.17, 15) is 13.2 Å². The maximum atomic E-state index is 12.7. The van der Waals surface area contributed by atoms with Crippen molar-refractivity contribution in [3.05, 3.63) is 39.0 Å². The molecule has 1 radical (unpaired) electrons. The monoisotopic (exact) mass is 357 g/mol. The van der Waals surface area contributed by atoms with Gasteiger partial charge in [-0.05, 0) is 19.1 Å². The van der Waals surface area contributed by atoms with Crippen molar-refractivity contribution >= 4 is 58.6 Å². The molecule has 0 unspecified atom stereocenters. The summed E-state index contributed by atoms with van der Waals surface area (Å²) in [7, 11) is 0. The van der Waals surface area contributed by atoms with Gasteiger partial charge in [-0.3, -0.25) is 0 Å². The van der Waals surface area contributed by atoms with Crippen LogP contribution in [-0.2, 0) is 6.18 Å². The average Bonchev–Trinajstić information content (AvgIpc) is 2.62. The van der Waals surface area contributed by atoms with Gasteiger partial charge in [0.05, 0.1) is 21.3 Å². The second-order valence-electron chi connectivity index (χ2n) is 4.16. The van der Waals surface area contributed by atoms with E-state index in [1.54, 1.807) is 0 Å². The minimum Gasteiger partial charge on any atom is -0.382 e. The van der Waals surface area contributed by atoms with Crippen LogP contribution in [0.5, 0.6) is 0 Å². The zero-order valence-corrected chi connectivity index (χ0v) is 15.0. The number of hydrogen-bond acceptors (Lipinski definition) is 3. The van der Waals surface area contributed by atoms with Gasteiger partial charge >= 0.3 is 6.18 Å². The van der Waals surface area contributed by atoms with Crippen molar-refractivity contribution in [3.8, 4) is 11.8 Å². The number of alkyl halides is 3. The van der Waals surface area contributed by atoms with E-state index in [1.165, 1.54) is 6.92 Å². The van der Waals surface area contributed by atoms with Crippen LogP contribution >= 0.6 is 23.2 Å². The van der Waals surface area contributed by atoms with E-state index in [-0.39, 0.29) is 56.7 Å². The van der Waals surface area contributed by atoms with Crippen molar-refractivity contribution < 1.29 is 13.2 Å². The molecular formula is C12H7Cl2F3N4Na. The van der Waals surface area contributed by atoms with Gasteiger partial charge in [0.2, 0.25) is 0 Å². The van der Waals surface area contributed by atoms with E-state index >= 15 is 0 Å². The van der Waals surface area contributed by atoms with Crippen molar-refractivity contribution in [1.29, 1.82) is 5.26 Å². The van der Waals surface area contributed by atoms with Crippen molar-refractivity contribution in [3.63, 3.8) is 0 Å². The SMILES string of the molecule is Cc1nn(-c2c(Cl)cc(C(F)(F)F)cc2Cl)c(N)c1C#N.[Na]. The van der Waals surface area contributed by atoms with Gasteiger partial charge in [-0.1, -0.05) is 23.2 Å². The number of rotatable bonds is 1. The molecule has 4 nitrogen and oxygen atoms in total. The first-order valence-corrected chi connectivity index (χ1v) is 6.24. The van der Waals surface area contributed by atoms with Gasteiger partial charge in [-0.15, -0.1) is 0 Å². The fourth-order valence-electron chi connectivity index (χ4n) is 1.79. The first-order chi connectivity index (χ1) is 9.66. The Balaban J connectivity index is 0.00000242. The minimum atomic E-state index is -4.57. The van der Waals surface area contributed by atoms with E-state index in [0.717, 1.165) is 16.8 Å². The molecule has 0 saturated carbocycles. The van der Waals surface area contributed by atoms with Gasteiger partial charge in [0.15, 0.2) is 0 Å². The smallest absolute Gasteiger partial charge is 0.382 e. The molecule has 0 aliphatic heterocycles. The van der Waals surface area contributed by atoms with E-state index in [4.69, 9.17) is 34.2 Å². The van der Waals surface area contributed by atoms with E-state index in [0.29, 0.717) is 5.69 Å². The molecule has 2 aromatic rings. The number of nitrogens with two attached hydrogens (primary N) is 1. The van der Waals surface area contributed by atoms with E-state index in [2.05, 4.69) is 5.10 Å². The number of aromatic nitrogens is 2. The van der Waals surface area contributed by atoms with E-state index in [1.807, 2.05) is 6.07 Å². The fraction of sp³-hybridized carbons (Fsp3) is 0.167. The van der Waals surface area contributed by atoms with Gasteiger partial charge < -0.3 is 5.73 Å². The normalized spacial score (nSPS) is 11.0. The van der Waals surface area contributed by atoms with Crippen LogP contribution in [0.15, 0.2) is 12.1 Å². The van der Waals surface area contributed by atoms with Crippen LogP contribution in [0.25, 0.3) is 5.69 Å². The summed E-state index contributed by atoms with van der Waals surface area (Å²) >= 11 is 11.7. The summed E-state index contributed by atoms with van der Waals surface area (Å²) in [5.74, 6) is -0.0430. The Morgan fingerprint density at radius 2 is 1.77 bits per heavy atom. The van der Waals surface area contributed by atoms with Gasteiger partial charge in [0.1, 0.15) is 23.1 Å². The molecule has 2 rings (SSSR count). The third-order valence-corrected chi connectivity index (χ3v) is 3.34. The van der Waals surface area contributed by atoms with Crippen LogP contribution in [0, 0.1) is 18.3 Å². The molecule has 0 spiro atoms. The first-order valence-electron chi connectivity index (χ1n) is 5.48. The Kier molecular flexibility index (Phi) is 5.82. The van der Waals surface area contributed by atoms with Crippen molar-refractivity contribution in [2.24, 2.45) is 0 Å². The average molecular weight is 358 g/mol. The van der Waals surface area contributed by atoms with Crippen LogP contribution in [0.1, 0.15) is 16.8 Å². The fourth-order valence-corrected chi connectivity index (χ4v) is 2.43. The van der Waals surface area contributed by atoms with Crippen LogP contribution in [0.3, 0.4) is 0 Å². The van der Waals surface area contributed by atoms with Crippen molar-refractivity contribution in [1.82, 2.24) is 9.78 Å². The number of anilines is 1. The molecule has 0 fully saturated rings. The molecular weight excluding hydrogens is 351 g/mol. The Hall–Kier alpha value is -0.910. The number of aryl methyl sites for hydroxylation is 1. The topological polar surface area (TPSA) is 67.6 Å². The maximum Gasteiger partial charge on any atom is 0.416 e. The van der Waals surface area contributed by atoms with E-state index < -0.39 is 11.7 Å². The molecule has 111 valence electrons. The maximum absolute atomic E-state index is 12.7. The summed E-state index contributed by atoms with van der Waals surface area (Å²) in [6.07, 6.45) is -4.57. The number of halogens is 5.